The van der Waals surface area contributed by atoms with Crippen molar-refractivity contribution in [2.24, 2.45) is 0 Å². The van der Waals surface area contributed by atoms with E-state index in [1.165, 1.54) is 24.7 Å². The molecule has 1 fully saturated rings. The molecule has 144 valence electrons. The summed E-state index contributed by atoms with van der Waals surface area (Å²) in [6.07, 6.45) is 0.855. The minimum absolute atomic E-state index is 0.0918. The molecule has 1 rings (SSSR count). The summed E-state index contributed by atoms with van der Waals surface area (Å²) in [6.45, 7) is 17.7. The molecule has 0 aromatic rings. The first-order chi connectivity index (χ1) is 11.4. The molecule has 0 aromatic heterocycles. The highest BCUT2D eigenvalue weighted by Gasteiger charge is 2.41. The molecule has 2 unspecified atom stereocenters. The van der Waals surface area contributed by atoms with Crippen LogP contribution in [0, 0.1) is 0 Å². The zero-order valence-corrected chi connectivity index (χ0v) is 18.8. The summed E-state index contributed by atoms with van der Waals surface area (Å²) in [4.78, 5) is 2.46. The van der Waals surface area contributed by atoms with Gasteiger partial charge in [0, 0.05) is 33.0 Å². The molecule has 2 atom stereocenters. The van der Waals surface area contributed by atoms with Gasteiger partial charge in [-0.25, -0.2) is 0 Å². The third-order valence-electron chi connectivity index (χ3n) is 5.83. The summed E-state index contributed by atoms with van der Waals surface area (Å²) in [5.74, 6) is 0. The third kappa shape index (κ3) is 5.62. The van der Waals surface area contributed by atoms with Crippen LogP contribution in [0.1, 0.15) is 41.0 Å². The molecule has 0 aliphatic carbocycles. The van der Waals surface area contributed by atoms with Crippen LogP contribution in [-0.2, 0) is 8.85 Å². The van der Waals surface area contributed by atoms with Gasteiger partial charge in [0.05, 0.1) is 6.23 Å². The first-order valence-electron chi connectivity index (χ1n) is 9.82. The van der Waals surface area contributed by atoms with E-state index in [0.717, 1.165) is 25.7 Å². The lowest BCUT2D eigenvalue weighted by Crippen LogP contribution is -2.53. The highest BCUT2D eigenvalue weighted by molar-refractivity contribution is 6.77. The summed E-state index contributed by atoms with van der Waals surface area (Å²) < 4.78 is 15.2. The number of hydrogen-bond acceptors (Lipinski definition) is 5. The monoisotopic (exact) mass is 376 g/mol. The number of aliphatic hydroxyl groups is 1. The van der Waals surface area contributed by atoms with Crippen molar-refractivity contribution in [3.8, 4) is 0 Å². The van der Waals surface area contributed by atoms with Gasteiger partial charge in [0.25, 0.3) is 0 Å². The van der Waals surface area contributed by atoms with Gasteiger partial charge in [-0.2, -0.15) is 0 Å². The summed E-state index contributed by atoms with van der Waals surface area (Å²) in [5.41, 5.74) is 0. The van der Waals surface area contributed by atoms with Crippen LogP contribution in [-0.4, -0.2) is 70.6 Å². The van der Waals surface area contributed by atoms with Crippen molar-refractivity contribution in [2.45, 2.75) is 78.0 Å². The van der Waals surface area contributed by atoms with Gasteiger partial charge in [-0.3, -0.25) is 4.90 Å². The van der Waals surface area contributed by atoms with Crippen molar-refractivity contribution < 1.29 is 14.0 Å². The maximum atomic E-state index is 9.15. The fraction of sp³-hybridized carbons (Fsp3) is 1.00. The van der Waals surface area contributed by atoms with Crippen LogP contribution < -0.4 is 0 Å². The van der Waals surface area contributed by atoms with Crippen LogP contribution in [0.5, 0.6) is 0 Å². The quantitative estimate of drug-likeness (QED) is 0.529. The Morgan fingerprint density at radius 1 is 1.08 bits per heavy atom. The number of hydrogen-bond donors (Lipinski definition) is 1. The molecule has 7 heteroatoms. The van der Waals surface area contributed by atoms with E-state index in [-0.39, 0.29) is 12.8 Å². The van der Waals surface area contributed by atoms with Crippen molar-refractivity contribution in [1.82, 2.24) is 9.47 Å². The van der Waals surface area contributed by atoms with Gasteiger partial charge in [0.15, 0.2) is 0 Å². The first kappa shape index (κ1) is 22.3. The average Bonchev–Trinajstić information content (AvgIpc) is 3.06. The maximum Gasteiger partial charge on any atom is 0.336 e. The van der Waals surface area contributed by atoms with Crippen LogP contribution in [0.25, 0.3) is 0 Å². The van der Waals surface area contributed by atoms with Crippen LogP contribution in [0.15, 0.2) is 0 Å². The van der Waals surface area contributed by atoms with Gasteiger partial charge < -0.3 is 18.5 Å². The summed E-state index contributed by atoms with van der Waals surface area (Å²) in [6, 6.07) is 4.87. The van der Waals surface area contributed by atoms with E-state index in [1.807, 2.05) is 6.92 Å². The Bertz CT molecular complexity index is 350. The Hall–Kier alpha value is 0.234. The fourth-order valence-corrected chi connectivity index (χ4v) is 10.5. The lowest BCUT2D eigenvalue weighted by atomic mass is 10.5. The van der Waals surface area contributed by atoms with Gasteiger partial charge in [-0.05, 0) is 51.0 Å². The van der Waals surface area contributed by atoms with Crippen LogP contribution in [0.4, 0.5) is 0 Å². The molecule has 0 amide bonds. The highest BCUT2D eigenvalue weighted by atomic mass is 28.4. The number of rotatable bonds is 12. The molecule has 1 N–H and O–H groups in total. The van der Waals surface area contributed by atoms with E-state index in [0.29, 0.717) is 6.61 Å². The van der Waals surface area contributed by atoms with Crippen molar-refractivity contribution in [3.05, 3.63) is 0 Å². The van der Waals surface area contributed by atoms with E-state index in [2.05, 4.69) is 43.7 Å². The Balaban J connectivity index is 2.67. The van der Waals surface area contributed by atoms with Crippen LogP contribution in [0.3, 0.4) is 0 Å². The lowest BCUT2D eigenvalue weighted by Gasteiger charge is -2.39. The second-order valence-electron chi connectivity index (χ2n) is 7.11. The molecular formula is C17H40N2O3Si2. The molecule has 1 aliphatic rings. The molecule has 0 bridgehead atoms. The van der Waals surface area contributed by atoms with Gasteiger partial charge in [0.1, 0.15) is 8.24 Å². The van der Waals surface area contributed by atoms with E-state index in [4.69, 9.17) is 14.0 Å². The molecular weight excluding hydrogens is 336 g/mol. The molecule has 0 spiro atoms. The van der Waals surface area contributed by atoms with Crippen molar-refractivity contribution in [2.75, 3.05) is 33.0 Å². The summed E-state index contributed by atoms with van der Waals surface area (Å²) in [7, 11) is -3.49. The smallest absolute Gasteiger partial charge is 0.336 e. The predicted molar refractivity (Wildman–Crippen MR) is 106 cm³/mol. The zero-order chi connectivity index (χ0) is 18.2. The standard InChI is InChI=1S/C17H40N2O3Si2/c1-7-21-23(6,15-11-14-20)22-17(5)18-12-13-19(16-18)24(8-2,9-3)10-4/h17,20H,7-16H2,1-6H3. The second-order valence-corrected chi connectivity index (χ2v) is 15.6. The van der Waals surface area contributed by atoms with E-state index >= 15 is 0 Å². The van der Waals surface area contributed by atoms with Gasteiger partial charge in [0.2, 0.25) is 0 Å². The minimum Gasteiger partial charge on any atom is -0.396 e. The third-order valence-corrected chi connectivity index (χ3v) is 14.5. The van der Waals surface area contributed by atoms with Crippen molar-refractivity contribution >= 4 is 16.8 Å². The van der Waals surface area contributed by atoms with Gasteiger partial charge in [-0.1, -0.05) is 20.8 Å². The van der Waals surface area contributed by atoms with Crippen molar-refractivity contribution in [1.29, 1.82) is 0 Å². The Morgan fingerprint density at radius 3 is 2.21 bits per heavy atom. The van der Waals surface area contributed by atoms with E-state index in [9.17, 15) is 0 Å². The zero-order valence-electron chi connectivity index (χ0n) is 16.8. The molecule has 5 nitrogen and oxygen atoms in total. The Morgan fingerprint density at radius 2 is 1.71 bits per heavy atom. The van der Waals surface area contributed by atoms with Crippen LogP contribution >= 0.6 is 0 Å². The molecule has 1 saturated heterocycles. The summed E-state index contributed by atoms with van der Waals surface area (Å²) in [5, 5.41) is 9.15. The molecule has 24 heavy (non-hydrogen) atoms. The van der Waals surface area contributed by atoms with E-state index in [1.54, 1.807) is 0 Å². The normalized spacial score (nSPS) is 21.1. The van der Waals surface area contributed by atoms with Crippen LogP contribution in [0.2, 0.25) is 30.7 Å². The molecule has 0 radical (unpaired) electrons. The molecule has 1 heterocycles. The number of nitrogens with zero attached hydrogens (tertiary/aromatic N) is 2. The van der Waals surface area contributed by atoms with Gasteiger partial charge in [-0.15, -0.1) is 0 Å². The minimum atomic E-state index is -2.20. The molecule has 0 aromatic carbocycles. The van der Waals surface area contributed by atoms with E-state index < -0.39 is 16.8 Å². The lowest BCUT2D eigenvalue weighted by molar-refractivity contribution is 0.0159. The topological polar surface area (TPSA) is 45.2 Å². The largest absolute Gasteiger partial charge is 0.396 e. The van der Waals surface area contributed by atoms with Gasteiger partial charge >= 0.3 is 8.56 Å². The predicted octanol–water partition coefficient (Wildman–Crippen LogP) is 3.42. The average molecular weight is 377 g/mol. The molecule has 0 saturated carbocycles. The fourth-order valence-electron chi connectivity index (χ4n) is 4.02. The Labute approximate surface area is 151 Å². The Kier molecular flexibility index (Phi) is 9.65. The highest BCUT2D eigenvalue weighted by Crippen LogP contribution is 2.29. The first-order valence-corrected chi connectivity index (χ1v) is 14.9. The second kappa shape index (κ2) is 10.4. The summed E-state index contributed by atoms with van der Waals surface area (Å²) >= 11 is 0. The molecule has 1 aliphatic heterocycles. The maximum absolute atomic E-state index is 9.15. The SMILES string of the molecule is CCO[Si](C)(CCCO)OC(C)N1CCN([Si](CC)(CC)CC)C1. The van der Waals surface area contributed by atoms with Crippen molar-refractivity contribution in [3.63, 3.8) is 0 Å². The number of aliphatic hydroxyl groups excluding tert-OH is 1.